The molecular formula is C18H21N5O2. The molecular weight excluding hydrogens is 318 g/mol. The molecule has 130 valence electrons. The van der Waals surface area contributed by atoms with E-state index in [9.17, 15) is 4.79 Å². The minimum atomic E-state index is -0.270. The number of aryl methyl sites for hydroxylation is 1. The second-order valence-corrected chi connectivity index (χ2v) is 6.04. The molecule has 0 atom stereocenters. The quantitative estimate of drug-likeness (QED) is 0.746. The molecule has 0 saturated carbocycles. The summed E-state index contributed by atoms with van der Waals surface area (Å²) in [5.74, 6) is 0.447. The third-order valence-electron chi connectivity index (χ3n) is 3.68. The van der Waals surface area contributed by atoms with Crippen LogP contribution in [0.5, 0.6) is 5.75 Å². The smallest absolute Gasteiger partial charge is 0.274 e. The summed E-state index contributed by atoms with van der Waals surface area (Å²) in [5.41, 5.74) is 2.61. The lowest BCUT2D eigenvalue weighted by Gasteiger charge is -2.12. The van der Waals surface area contributed by atoms with Crippen LogP contribution in [0.3, 0.4) is 0 Å². The Morgan fingerprint density at radius 2 is 2.16 bits per heavy atom. The second kappa shape index (κ2) is 7.31. The number of ether oxygens (including phenoxy) is 1. The number of carbonyl (C=O) groups excluding carboxylic acids is 1. The molecule has 7 nitrogen and oxygen atoms in total. The third-order valence-corrected chi connectivity index (χ3v) is 3.68. The van der Waals surface area contributed by atoms with Gasteiger partial charge in [0, 0.05) is 30.1 Å². The van der Waals surface area contributed by atoms with E-state index in [2.05, 4.69) is 15.4 Å². The van der Waals surface area contributed by atoms with Crippen molar-refractivity contribution in [3.63, 3.8) is 0 Å². The molecule has 0 aliphatic heterocycles. The van der Waals surface area contributed by atoms with E-state index < -0.39 is 0 Å². The number of amides is 1. The first-order chi connectivity index (χ1) is 12.0. The SMILES string of the molecule is Cc1cnn2ccc(C(=O)Nc3cccc(OCCN(C)C)c3)nc12. The number of carbonyl (C=O) groups is 1. The Balaban J connectivity index is 1.70. The zero-order valence-corrected chi connectivity index (χ0v) is 14.6. The fraction of sp³-hybridized carbons (Fsp3) is 0.278. The van der Waals surface area contributed by atoms with Crippen LogP contribution < -0.4 is 10.1 Å². The van der Waals surface area contributed by atoms with E-state index in [0.29, 0.717) is 23.6 Å². The molecule has 2 heterocycles. The third kappa shape index (κ3) is 4.13. The van der Waals surface area contributed by atoms with E-state index >= 15 is 0 Å². The van der Waals surface area contributed by atoms with Crippen molar-refractivity contribution in [1.29, 1.82) is 0 Å². The molecule has 2 aromatic heterocycles. The summed E-state index contributed by atoms with van der Waals surface area (Å²) in [6, 6.07) is 8.98. The number of benzene rings is 1. The normalized spacial score (nSPS) is 11.0. The van der Waals surface area contributed by atoms with Gasteiger partial charge in [0.15, 0.2) is 5.65 Å². The highest BCUT2D eigenvalue weighted by Crippen LogP contribution is 2.18. The maximum atomic E-state index is 12.5. The van der Waals surface area contributed by atoms with Gasteiger partial charge < -0.3 is 15.0 Å². The van der Waals surface area contributed by atoms with Crippen molar-refractivity contribution in [2.75, 3.05) is 32.6 Å². The van der Waals surface area contributed by atoms with Crippen molar-refractivity contribution < 1.29 is 9.53 Å². The summed E-state index contributed by atoms with van der Waals surface area (Å²) >= 11 is 0. The minimum Gasteiger partial charge on any atom is -0.492 e. The number of aromatic nitrogens is 3. The largest absolute Gasteiger partial charge is 0.492 e. The van der Waals surface area contributed by atoms with Crippen molar-refractivity contribution in [3.8, 4) is 5.75 Å². The Morgan fingerprint density at radius 1 is 1.32 bits per heavy atom. The topological polar surface area (TPSA) is 71.8 Å². The Bertz CT molecular complexity index is 888. The van der Waals surface area contributed by atoms with E-state index in [1.165, 1.54) is 0 Å². The van der Waals surface area contributed by atoms with Crippen LogP contribution in [0.1, 0.15) is 16.1 Å². The van der Waals surface area contributed by atoms with E-state index in [4.69, 9.17) is 4.74 Å². The van der Waals surface area contributed by atoms with Crippen LogP contribution >= 0.6 is 0 Å². The number of rotatable bonds is 6. The molecule has 0 bridgehead atoms. The highest BCUT2D eigenvalue weighted by atomic mass is 16.5. The number of nitrogens with zero attached hydrogens (tertiary/aromatic N) is 4. The van der Waals surface area contributed by atoms with Gasteiger partial charge in [0.2, 0.25) is 0 Å². The lowest BCUT2D eigenvalue weighted by atomic mass is 10.3. The zero-order chi connectivity index (χ0) is 17.8. The Kier molecular flexibility index (Phi) is 4.95. The van der Waals surface area contributed by atoms with Crippen molar-refractivity contribution in [3.05, 3.63) is 54.0 Å². The molecule has 3 aromatic rings. The van der Waals surface area contributed by atoms with Gasteiger partial charge in [-0.3, -0.25) is 4.79 Å². The maximum absolute atomic E-state index is 12.5. The molecule has 0 fully saturated rings. The van der Waals surface area contributed by atoms with Gasteiger partial charge in [-0.25, -0.2) is 9.50 Å². The molecule has 0 aliphatic rings. The van der Waals surface area contributed by atoms with Crippen LogP contribution in [0.25, 0.3) is 5.65 Å². The monoisotopic (exact) mass is 339 g/mol. The average molecular weight is 339 g/mol. The molecule has 1 amide bonds. The zero-order valence-electron chi connectivity index (χ0n) is 14.6. The Hall–Kier alpha value is -2.93. The first-order valence-electron chi connectivity index (χ1n) is 8.03. The van der Waals surface area contributed by atoms with Crippen LogP contribution in [-0.4, -0.2) is 52.7 Å². The lowest BCUT2D eigenvalue weighted by molar-refractivity contribution is 0.102. The minimum absolute atomic E-state index is 0.270. The first kappa shape index (κ1) is 16.9. The van der Waals surface area contributed by atoms with Crippen LogP contribution in [0.15, 0.2) is 42.7 Å². The van der Waals surface area contributed by atoms with Crippen LogP contribution in [0, 0.1) is 6.92 Å². The fourth-order valence-electron chi connectivity index (χ4n) is 2.31. The second-order valence-electron chi connectivity index (χ2n) is 6.04. The summed E-state index contributed by atoms with van der Waals surface area (Å²) in [6.45, 7) is 3.32. The van der Waals surface area contributed by atoms with E-state index in [1.807, 2.05) is 44.1 Å². The molecule has 3 rings (SSSR count). The Morgan fingerprint density at radius 3 is 2.96 bits per heavy atom. The van der Waals surface area contributed by atoms with Crippen molar-refractivity contribution in [2.24, 2.45) is 0 Å². The molecule has 1 aromatic carbocycles. The first-order valence-corrected chi connectivity index (χ1v) is 8.03. The summed E-state index contributed by atoms with van der Waals surface area (Å²) in [5, 5.41) is 7.01. The van der Waals surface area contributed by atoms with Crippen molar-refractivity contribution in [2.45, 2.75) is 6.92 Å². The van der Waals surface area contributed by atoms with Gasteiger partial charge in [-0.15, -0.1) is 0 Å². The number of hydrogen-bond donors (Lipinski definition) is 1. The van der Waals surface area contributed by atoms with Gasteiger partial charge in [-0.2, -0.15) is 5.10 Å². The number of fused-ring (bicyclic) bond motifs is 1. The highest BCUT2D eigenvalue weighted by Gasteiger charge is 2.11. The summed E-state index contributed by atoms with van der Waals surface area (Å²) in [7, 11) is 3.98. The fourth-order valence-corrected chi connectivity index (χ4v) is 2.31. The number of hydrogen-bond acceptors (Lipinski definition) is 5. The molecule has 0 spiro atoms. The molecule has 25 heavy (non-hydrogen) atoms. The molecule has 0 unspecified atom stereocenters. The molecule has 1 N–H and O–H groups in total. The predicted molar refractivity (Wildman–Crippen MR) is 96.2 cm³/mol. The summed E-state index contributed by atoms with van der Waals surface area (Å²) in [4.78, 5) is 18.9. The molecule has 0 aliphatic carbocycles. The van der Waals surface area contributed by atoms with Crippen molar-refractivity contribution >= 4 is 17.2 Å². The van der Waals surface area contributed by atoms with Gasteiger partial charge >= 0.3 is 0 Å². The van der Waals surface area contributed by atoms with Gasteiger partial charge in [0.1, 0.15) is 18.1 Å². The maximum Gasteiger partial charge on any atom is 0.274 e. The van der Waals surface area contributed by atoms with Crippen LogP contribution in [0.4, 0.5) is 5.69 Å². The predicted octanol–water partition coefficient (Wildman–Crippen LogP) is 2.23. The van der Waals surface area contributed by atoms with E-state index in [-0.39, 0.29) is 5.91 Å². The number of nitrogens with one attached hydrogen (secondary N) is 1. The standard InChI is InChI=1S/C18H21N5O2/c1-13-12-19-23-8-7-16(21-17(13)23)18(24)20-14-5-4-6-15(11-14)25-10-9-22(2)3/h4-8,11-12H,9-10H2,1-3H3,(H,20,24). The van der Waals surface area contributed by atoms with Gasteiger partial charge in [0.25, 0.3) is 5.91 Å². The summed E-state index contributed by atoms with van der Waals surface area (Å²) < 4.78 is 7.33. The average Bonchev–Trinajstić information content (AvgIpc) is 2.95. The van der Waals surface area contributed by atoms with Crippen LogP contribution in [-0.2, 0) is 0 Å². The van der Waals surface area contributed by atoms with Gasteiger partial charge in [-0.05, 0) is 39.2 Å². The Labute approximate surface area is 146 Å². The number of anilines is 1. The highest BCUT2D eigenvalue weighted by molar-refractivity contribution is 6.03. The lowest BCUT2D eigenvalue weighted by Crippen LogP contribution is -2.19. The molecule has 0 radical (unpaired) electrons. The number of likely N-dealkylation sites (N-methyl/N-ethyl adjacent to an activating group) is 1. The molecule has 7 heteroatoms. The summed E-state index contributed by atoms with van der Waals surface area (Å²) in [6.07, 6.45) is 3.45. The van der Waals surface area contributed by atoms with Gasteiger partial charge in [0.05, 0.1) is 6.20 Å². The molecule has 0 saturated heterocycles. The van der Waals surface area contributed by atoms with Crippen LogP contribution in [0.2, 0.25) is 0 Å². The van der Waals surface area contributed by atoms with E-state index in [1.54, 1.807) is 29.0 Å². The van der Waals surface area contributed by atoms with E-state index in [0.717, 1.165) is 17.9 Å². The van der Waals surface area contributed by atoms with Crippen molar-refractivity contribution in [1.82, 2.24) is 19.5 Å². The van der Waals surface area contributed by atoms with Gasteiger partial charge in [-0.1, -0.05) is 6.07 Å².